The summed E-state index contributed by atoms with van der Waals surface area (Å²) >= 11 is 0. The highest BCUT2D eigenvalue weighted by molar-refractivity contribution is 5.97. The van der Waals surface area contributed by atoms with Gasteiger partial charge in [0.25, 0.3) is 0 Å². The van der Waals surface area contributed by atoms with Gasteiger partial charge in [-0.1, -0.05) is 33.8 Å². The molecule has 1 rings (SSSR count). The second kappa shape index (κ2) is 6.58. The molecule has 0 aromatic heterocycles. The summed E-state index contributed by atoms with van der Waals surface area (Å²) in [6.07, 6.45) is -4.07. The van der Waals surface area contributed by atoms with Crippen LogP contribution in [0.15, 0.2) is 24.3 Å². The molecule has 1 unspecified atom stereocenters. The van der Waals surface area contributed by atoms with Gasteiger partial charge < -0.3 is 9.64 Å². The maximum absolute atomic E-state index is 12.6. The molecule has 0 saturated carbocycles. The molecule has 1 amide bonds. The number of hydrogen-bond donors (Lipinski definition) is 0. The van der Waals surface area contributed by atoms with Crippen molar-refractivity contribution in [3.05, 3.63) is 24.3 Å². The van der Waals surface area contributed by atoms with Crippen LogP contribution in [0, 0.1) is 5.41 Å². The fourth-order valence-electron chi connectivity index (χ4n) is 1.95. The fraction of sp³-hybridized carbons (Fsp3) is 0.562. The number of halogens is 3. The van der Waals surface area contributed by atoms with Crippen LogP contribution in [0.1, 0.15) is 41.0 Å². The van der Waals surface area contributed by atoms with Gasteiger partial charge in [-0.25, -0.2) is 0 Å². The van der Waals surface area contributed by atoms with Gasteiger partial charge in [0, 0.05) is 23.2 Å². The minimum atomic E-state index is -4.76. The molecule has 0 radical (unpaired) electrons. The number of rotatable bonds is 4. The van der Waals surface area contributed by atoms with Crippen molar-refractivity contribution < 1.29 is 22.7 Å². The van der Waals surface area contributed by atoms with E-state index in [-0.39, 0.29) is 17.7 Å². The molecule has 124 valence electrons. The van der Waals surface area contributed by atoms with E-state index in [1.54, 1.807) is 26.8 Å². The third-order valence-corrected chi connectivity index (χ3v) is 3.22. The van der Waals surface area contributed by atoms with Crippen LogP contribution in [0.5, 0.6) is 5.75 Å². The van der Waals surface area contributed by atoms with Crippen molar-refractivity contribution in [1.82, 2.24) is 0 Å². The van der Waals surface area contributed by atoms with Gasteiger partial charge in [-0.15, -0.1) is 13.2 Å². The van der Waals surface area contributed by atoms with E-state index >= 15 is 0 Å². The van der Waals surface area contributed by atoms with Crippen LogP contribution in [0.2, 0.25) is 0 Å². The van der Waals surface area contributed by atoms with Gasteiger partial charge >= 0.3 is 6.36 Å². The number of alkyl halides is 3. The Hall–Kier alpha value is -1.72. The summed E-state index contributed by atoms with van der Waals surface area (Å²) in [6, 6.07) is 5.38. The molecular formula is C16H22F3NO2. The Morgan fingerprint density at radius 3 is 2.32 bits per heavy atom. The van der Waals surface area contributed by atoms with Gasteiger partial charge in [0.2, 0.25) is 5.91 Å². The van der Waals surface area contributed by atoms with E-state index in [1.165, 1.54) is 23.1 Å². The highest BCUT2D eigenvalue weighted by Crippen LogP contribution is 2.31. The van der Waals surface area contributed by atoms with Crippen LogP contribution in [-0.4, -0.2) is 18.3 Å². The lowest BCUT2D eigenvalue weighted by Gasteiger charge is -2.34. The number of hydrogen-bond acceptors (Lipinski definition) is 2. The molecule has 3 nitrogen and oxygen atoms in total. The van der Waals surface area contributed by atoms with E-state index in [0.29, 0.717) is 12.1 Å². The molecule has 0 aliphatic carbocycles. The van der Waals surface area contributed by atoms with Crippen LogP contribution < -0.4 is 9.64 Å². The quantitative estimate of drug-likeness (QED) is 0.801. The van der Waals surface area contributed by atoms with Gasteiger partial charge in [-0.2, -0.15) is 0 Å². The van der Waals surface area contributed by atoms with Crippen molar-refractivity contribution in [2.75, 3.05) is 4.90 Å². The smallest absolute Gasteiger partial charge is 0.406 e. The molecule has 0 bridgehead atoms. The van der Waals surface area contributed by atoms with Crippen molar-refractivity contribution in [2.45, 2.75) is 53.4 Å². The van der Waals surface area contributed by atoms with Crippen molar-refractivity contribution in [3.8, 4) is 5.75 Å². The van der Waals surface area contributed by atoms with Crippen LogP contribution >= 0.6 is 0 Å². The van der Waals surface area contributed by atoms with Gasteiger partial charge in [-0.3, -0.25) is 4.79 Å². The number of nitrogens with zero attached hydrogens (tertiary/aromatic N) is 1. The molecule has 6 heteroatoms. The van der Waals surface area contributed by atoms with Gasteiger partial charge in [0.1, 0.15) is 5.75 Å². The number of ether oxygens (including phenoxy) is 1. The molecule has 0 heterocycles. The van der Waals surface area contributed by atoms with E-state index in [9.17, 15) is 18.0 Å². The molecule has 1 aromatic carbocycles. The highest BCUT2D eigenvalue weighted by atomic mass is 19.4. The summed E-state index contributed by atoms with van der Waals surface area (Å²) in [7, 11) is 0. The molecule has 0 spiro atoms. The average Bonchev–Trinajstić information content (AvgIpc) is 2.36. The molecule has 1 aromatic rings. The first-order chi connectivity index (χ1) is 9.95. The molecular weight excluding hydrogens is 295 g/mol. The summed E-state index contributed by atoms with van der Waals surface area (Å²) in [5.41, 5.74) is -0.236. The molecule has 1 atom stereocenters. The Labute approximate surface area is 129 Å². The Morgan fingerprint density at radius 2 is 1.86 bits per heavy atom. The van der Waals surface area contributed by atoms with Gasteiger partial charge in [0.05, 0.1) is 0 Å². The molecule has 0 aliphatic rings. The van der Waals surface area contributed by atoms with Crippen molar-refractivity contribution in [3.63, 3.8) is 0 Å². The fourth-order valence-corrected chi connectivity index (χ4v) is 1.95. The number of benzene rings is 1. The van der Waals surface area contributed by atoms with Crippen molar-refractivity contribution in [1.29, 1.82) is 0 Å². The minimum absolute atomic E-state index is 0.132. The zero-order valence-corrected chi connectivity index (χ0v) is 13.5. The Morgan fingerprint density at radius 1 is 1.27 bits per heavy atom. The Balaban J connectivity index is 3.21. The van der Waals surface area contributed by atoms with Crippen molar-refractivity contribution in [2.24, 2.45) is 5.41 Å². The van der Waals surface area contributed by atoms with E-state index in [0.717, 1.165) is 0 Å². The molecule has 0 aliphatic heterocycles. The van der Waals surface area contributed by atoms with Gasteiger partial charge in [-0.05, 0) is 25.5 Å². The largest absolute Gasteiger partial charge is 0.573 e. The second-order valence-electron chi connectivity index (χ2n) is 6.23. The third-order valence-electron chi connectivity index (χ3n) is 3.22. The zero-order valence-electron chi connectivity index (χ0n) is 13.5. The van der Waals surface area contributed by atoms with Crippen LogP contribution in [0.3, 0.4) is 0 Å². The minimum Gasteiger partial charge on any atom is -0.406 e. The highest BCUT2D eigenvalue weighted by Gasteiger charge is 2.33. The number of amides is 1. The molecule has 0 N–H and O–H groups in total. The lowest BCUT2D eigenvalue weighted by atomic mass is 9.93. The van der Waals surface area contributed by atoms with E-state index in [2.05, 4.69) is 4.74 Å². The summed E-state index contributed by atoms with van der Waals surface area (Å²) in [5, 5.41) is 0. The van der Waals surface area contributed by atoms with Crippen LogP contribution in [-0.2, 0) is 4.79 Å². The SMILES string of the molecule is CCC(C)N(C(=O)C(C)(C)C)c1cccc(OC(F)(F)F)c1. The zero-order chi connectivity index (χ0) is 17.1. The second-order valence-corrected chi connectivity index (χ2v) is 6.23. The standard InChI is InChI=1S/C16H22F3NO2/c1-6-11(2)20(14(21)15(3,4)5)12-8-7-9-13(10-12)22-16(17,18)19/h7-11H,6H2,1-5H3. The monoisotopic (exact) mass is 317 g/mol. The Kier molecular flexibility index (Phi) is 5.49. The first kappa shape index (κ1) is 18.3. The van der Waals surface area contributed by atoms with E-state index < -0.39 is 11.8 Å². The van der Waals surface area contributed by atoms with Gasteiger partial charge in [0.15, 0.2) is 0 Å². The molecule has 0 fully saturated rings. The van der Waals surface area contributed by atoms with E-state index in [1.807, 2.05) is 13.8 Å². The lowest BCUT2D eigenvalue weighted by molar-refractivity contribution is -0.274. The maximum atomic E-state index is 12.6. The number of carbonyl (C=O) groups excluding carboxylic acids is 1. The van der Waals surface area contributed by atoms with Crippen molar-refractivity contribution >= 4 is 11.6 Å². The van der Waals surface area contributed by atoms with Crippen LogP contribution in [0.25, 0.3) is 0 Å². The lowest BCUT2D eigenvalue weighted by Crippen LogP contribution is -2.44. The first-order valence-electron chi connectivity index (χ1n) is 7.15. The predicted molar refractivity (Wildman–Crippen MR) is 79.8 cm³/mol. The summed E-state index contributed by atoms with van der Waals surface area (Å²) in [5.74, 6) is -0.481. The Bertz CT molecular complexity index is 521. The summed E-state index contributed by atoms with van der Waals surface area (Å²) in [6.45, 7) is 9.12. The summed E-state index contributed by atoms with van der Waals surface area (Å²) in [4.78, 5) is 14.2. The maximum Gasteiger partial charge on any atom is 0.573 e. The number of anilines is 1. The third kappa shape index (κ3) is 4.93. The molecule has 22 heavy (non-hydrogen) atoms. The first-order valence-corrected chi connectivity index (χ1v) is 7.15. The average molecular weight is 317 g/mol. The van der Waals surface area contributed by atoms with Crippen LogP contribution in [0.4, 0.5) is 18.9 Å². The van der Waals surface area contributed by atoms with E-state index in [4.69, 9.17) is 0 Å². The predicted octanol–water partition coefficient (Wildman–Crippen LogP) is 4.76. The molecule has 0 saturated heterocycles. The topological polar surface area (TPSA) is 29.5 Å². The summed E-state index contributed by atoms with van der Waals surface area (Å²) < 4.78 is 41.0. The normalized spacial score (nSPS) is 13.6. The number of carbonyl (C=O) groups is 1.